The third-order valence-corrected chi connectivity index (χ3v) is 6.20. The summed E-state index contributed by atoms with van der Waals surface area (Å²) >= 11 is 0. The fourth-order valence-electron chi connectivity index (χ4n) is 4.56. The fraction of sp³-hybridized carbons (Fsp3) is 0.571. The van der Waals surface area contributed by atoms with Crippen LogP contribution in [0, 0.1) is 0 Å². The number of piperidine rings is 1. The molecule has 5 rings (SSSR count). The van der Waals surface area contributed by atoms with E-state index in [1.165, 1.54) is 12.8 Å². The molecule has 0 unspecified atom stereocenters. The van der Waals surface area contributed by atoms with E-state index in [0.717, 1.165) is 37.6 Å². The number of likely N-dealkylation sites (tertiary alicyclic amines) is 1. The van der Waals surface area contributed by atoms with Crippen LogP contribution < -0.4 is 9.47 Å². The highest BCUT2D eigenvalue weighted by molar-refractivity contribution is 5.95. The van der Waals surface area contributed by atoms with Crippen LogP contribution in [0.3, 0.4) is 0 Å². The summed E-state index contributed by atoms with van der Waals surface area (Å²) in [4.78, 5) is 17.4. The topological polar surface area (TPSA) is 72.7 Å². The van der Waals surface area contributed by atoms with Crippen molar-refractivity contribution in [2.24, 2.45) is 0 Å². The molecule has 3 aliphatic heterocycles. The Morgan fingerprint density at radius 3 is 2.76 bits per heavy atom. The first-order chi connectivity index (χ1) is 14.2. The van der Waals surface area contributed by atoms with Crippen molar-refractivity contribution in [3.05, 3.63) is 35.4 Å². The second-order valence-electron chi connectivity index (χ2n) is 8.02. The molecule has 29 heavy (non-hydrogen) atoms. The standard InChI is InChI=1S/C21H27N5O3/c1-24-8-3-2-4-16(24)20-23-22-19-7-9-25(10-11-26(19)20)21(27)15-5-6-17-18(14-15)29-13-12-28-17/h5-6,14,16H,2-4,7-13H2,1H3/t16-/m0/s1. The van der Waals surface area contributed by atoms with Gasteiger partial charge in [-0.15, -0.1) is 10.2 Å². The molecule has 8 nitrogen and oxygen atoms in total. The van der Waals surface area contributed by atoms with Crippen molar-refractivity contribution in [3.63, 3.8) is 0 Å². The maximum absolute atomic E-state index is 13.1. The molecule has 0 N–H and O–H groups in total. The Morgan fingerprint density at radius 1 is 1.03 bits per heavy atom. The Balaban J connectivity index is 1.32. The number of rotatable bonds is 2. The van der Waals surface area contributed by atoms with Crippen LogP contribution in [0.15, 0.2) is 18.2 Å². The molecule has 0 radical (unpaired) electrons. The average molecular weight is 397 g/mol. The van der Waals surface area contributed by atoms with Crippen LogP contribution in [-0.2, 0) is 13.0 Å². The van der Waals surface area contributed by atoms with Gasteiger partial charge in [-0.1, -0.05) is 6.42 Å². The predicted octanol–water partition coefficient (Wildman–Crippen LogP) is 1.90. The predicted molar refractivity (Wildman–Crippen MR) is 106 cm³/mol. The van der Waals surface area contributed by atoms with Gasteiger partial charge in [0.2, 0.25) is 0 Å². The van der Waals surface area contributed by atoms with E-state index in [9.17, 15) is 4.79 Å². The quantitative estimate of drug-likeness (QED) is 0.771. The van der Waals surface area contributed by atoms with Crippen molar-refractivity contribution < 1.29 is 14.3 Å². The molecule has 0 saturated carbocycles. The number of fused-ring (bicyclic) bond motifs is 2. The number of carbonyl (C=O) groups is 1. The molecule has 3 aliphatic rings. The third-order valence-electron chi connectivity index (χ3n) is 6.20. The van der Waals surface area contributed by atoms with Gasteiger partial charge in [0.25, 0.3) is 5.91 Å². The molecule has 1 fully saturated rings. The van der Waals surface area contributed by atoms with E-state index < -0.39 is 0 Å². The van der Waals surface area contributed by atoms with Crippen molar-refractivity contribution in [3.8, 4) is 11.5 Å². The van der Waals surface area contributed by atoms with E-state index in [2.05, 4.69) is 26.7 Å². The second kappa shape index (κ2) is 7.67. The number of carbonyl (C=O) groups excluding carboxylic acids is 1. The molecule has 2 aromatic rings. The summed E-state index contributed by atoms with van der Waals surface area (Å²) in [6.07, 6.45) is 4.31. The van der Waals surface area contributed by atoms with E-state index in [4.69, 9.17) is 9.47 Å². The molecule has 154 valence electrons. The van der Waals surface area contributed by atoms with Gasteiger partial charge in [0, 0.05) is 31.6 Å². The van der Waals surface area contributed by atoms with Crippen LogP contribution in [0.1, 0.15) is 47.3 Å². The molecular weight excluding hydrogens is 370 g/mol. The highest BCUT2D eigenvalue weighted by atomic mass is 16.6. The number of hydrogen-bond donors (Lipinski definition) is 0. The van der Waals surface area contributed by atoms with Crippen LogP contribution in [-0.4, -0.2) is 70.4 Å². The van der Waals surface area contributed by atoms with Gasteiger partial charge in [0.05, 0.1) is 6.04 Å². The van der Waals surface area contributed by atoms with Gasteiger partial charge >= 0.3 is 0 Å². The highest BCUT2D eigenvalue weighted by Gasteiger charge is 2.29. The Kier molecular flexibility index (Phi) is 4.87. The maximum Gasteiger partial charge on any atom is 0.254 e. The molecule has 1 amide bonds. The third kappa shape index (κ3) is 3.46. The van der Waals surface area contributed by atoms with Crippen LogP contribution in [0.4, 0.5) is 0 Å². The number of aromatic nitrogens is 3. The zero-order valence-electron chi connectivity index (χ0n) is 16.8. The minimum Gasteiger partial charge on any atom is -0.486 e. The van der Waals surface area contributed by atoms with Crippen molar-refractivity contribution >= 4 is 5.91 Å². The summed E-state index contributed by atoms with van der Waals surface area (Å²) in [7, 11) is 2.17. The molecule has 1 atom stereocenters. The summed E-state index contributed by atoms with van der Waals surface area (Å²) in [6.45, 7) is 4.19. The number of nitrogens with zero attached hydrogens (tertiary/aromatic N) is 5. The average Bonchev–Trinajstić information content (AvgIpc) is 3.04. The van der Waals surface area contributed by atoms with Crippen LogP contribution in [0.5, 0.6) is 11.5 Å². The van der Waals surface area contributed by atoms with E-state index in [-0.39, 0.29) is 5.91 Å². The zero-order valence-corrected chi connectivity index (χ0v) is 16.8. The van der Waals surface area contributed by atoms with Crippen molar-refractivity contribution in [1.82, 2.24) is 24.6 Å². The van der Waals surface area contributed by atoms with E-state index >= 15 is 0 Å². The number of ether oxygens (including phenoxy) is 2. The normalized spacial score (nSPS) is 22.1. The summed E-state index contributed by atoms with van der Waals surface area (Å²) in [5, 5.41) is 8.99. The van der Waals surface area contributed by atoms with Crippen molar-refractivity contribution in [2.45, 2.75) is 38.3 Å². The van der Waals surface area contributed by atoms with Gasteiger partial charge in [0.1, 0.15) is 24.9 Å². The lowest BCUT2D eigenvalue weighted by Gasteiger charge is -2.32. The summed E-state index contributed by atoms with van der Waals surface area (Å²) in [6, 6.07) is 5.77. The Morgan fingerprint density at radius 2 is 1.90 bits per heavy atom. The smallest absolute Gasteiger partial charge is 0.254 e. The lowest BCUT2D eigenvalue weighted by atomic mass is 10.0. The van der Waals surface area contributed by atoms with Crippen molar-refractivity contribution in [1.29, 1.82) is 0 Å². The monoisotopic (exact) mass is 397 g/mol. The van der Waals surface area contributed by atoms with Crippen LogP contribution in [0.25, 0.3) is 0 Å². The Bertz CT molecular complexity index is 912. The van der Waals surface area contributed by atoms with Crippen LogP contribution in [0.2, 0.25) is 0 Å². The molecule has 0 spiro atoms. The molecule has 0 bridgehead atoms. The molecule has 1 saturated heterocycles. The first-order valence-corrected chi connectivity index (χ1v) is 10.5. The van der Waals surface area contributed by atoms with Gasteiger partial charge in [-0.05, 0) is 44.6 Å². The number of hydrogen-bond acceptors (Lipinski definition) is 6. The molecule has 1 aromatic heterocycles. The maximum atomic E-state index is 13.1. The van der Waals surface area contributed by atoms with Crippen LogP contribution >= 0.6 is 0 Å². The fourth-order valence-corrected chi connectivity index (χ4v) is 4.56. The van der Waals surface area contributed by atoms with Gasteiger partial charge in [-0.2, -0.15) is 0 Å². The van der Waals surface area contributed by atoms with E-state index in [1.54, 1.807) is 6.07 Å². The first kappa shape index (κ1) is 18.4. The number of benzene rings is 1. The largest absolute Gasteiger partial charge is 0.486 e. The molecule has 0 aliphatic carbocycles. The lowest BCUT2D eigenvalue weighted by molar-refractivity contribution is 0.0756. The Labute approximate surface area is 170 Å². The van der Waals surface area contributed by atoms with Gasteiger partial charge in [-0.25, -0.2) is 0 Å². The van der Waals surface area contributed by atoms with Crippen molar-refractivity contribution in [2.75, 3.05) is 39.9 Å². The van der Waals surface area contributed by atoms with Gasteiger partial charge in [-0.3, -0.25) is 9.69 Å². The minimum atomic E-state index is 0.0250. The summed E-state index contributed by atoms with van der Waals surface area (Å²) in [5.41, 5.74) is 0.638. The van der Waals surface area contributed by atoms with E-state index in [0.29, 0.717) is 49.4 Å². The molecule has 1 aromatic carbocycles. The summed E-state index contributed by atoms with van der Waals surface area (Å²) in [5.74, 6) is 3.41. The van der Waals surface area contributed by atoms with Gasteiger partial charge < -0.3 is 18.9 Å². The molecular formula is C21H27N5O3. The van der Waals surface area contributed by atoms with E-state index in [1.807, 2.05) is 17.0 Å². The minimum absolute atomic E-state index is 0.0250. The molecule has 8 heteroatoms. The lowest BCUT2D eigenvalue weighted by Crippen LogP contribution is -2.35. The number of amides is 1. The van der Waals surface area contributed by atoms with Gasteiger partial charge in [0.15, 0.2) is 11.5 Å². The summed E-state index contributed by atoms with van der Waals surface area (Å²) < 4.78 is 13.4. The molecule has 4 heterocycles. The highest BCUT2D eigenvalue weighted by Crippen LogP contribution is 2.32. The Hall–Kier alpha value is -2.61. The first-order valence-electron chi connectivity index (χ1n) is 10.5. The SMILES string of the molecule is CN1CCCC[C@H]1c1nnc2n1CCN(C(=O)c1ccc3c(c1)OCCO3)CC2. The zero-order chi connectivity index (χ0) is 19.8. The second-order valence-corrected chi connectivity index (χ2v) is 8.02.